The van der Waals surface area contributed by atoms with Gasteiger partial charge in [-0.25, -0.2) is 4.39 Å². The summed E-state index contributed by atoms with van der Waals surface area (Å²) in [4.78, 5) is 0. The molecular formula is C14H17FO. The number of rotatable bonds is 3. The van der Waals surface area contributed by atoms with Gasteiger partial charge in [0, 0.05) is 6.42 Å². The van der Waals surface area contributed by atoms with E-state index in [9.17, 15) is 9.50 Å². The van der Waals surface area contributed by atoms with Gasteiger partial charge in [-0.1, -0.05) is 12.1 Å². The lowest BCUT2D eigenvalue weighted by molar-refractivity contribution is 0.0490. The molecule has 0 aliphatic rings. The maximum absolute atomic E-state index is 13.4. The van der Waals surface area contributed by atoms with Crippen LogP contribution in [0.15, 0.2) is 18.2 Å². The Morgan fingerprint density at radius 3 is 2.69 bits per heavy atom. The molecule has 0 saturated carbocycles. The molecule has 1 N–H and O–H groups in total. The summed E-state index contributed by atoms with van der Waals surface area (Å²) in [5.74, 6) is 5.40. The second-order valence-corrected chi connectivity index (χ2v) is 4.16. The third-order valence-corrected chi connectivity index (χ3v) is 2.71. The number of hydrogen-bond donors (Lipinski definition) is 1. The van der Waals surface area contributed by atoms with E-state index < -0.39 is 5.60 Å². The molecule has 0 aliphatic heterocycles. The molecule has 2 heteroatoms. The van der Waals surface area contributed by atoms with E-state index in [-0.39, 0.29) is 5.82 Å². The van der Waals surface area contributed by atoms with Crippen molar-refractivity contribution in [2.75, 3.05) is 0 Å². The summed E-state index contributed by atoms with van der Waals surface area (Å²) in [7, 11) is 0. The summed E-state index contributed by atoms with van der Waals surface area (Å²) in [6, 6.07) is 4.84. The second kappa shape index (κ2) is 5.14. The van der Waals surface area contributed by atoms with Gasteiger partial charge in [0.25, 0.3) is 0 Å². The van der Waals surface area contributed by atoms with Crippen LogP contribution >= 0.6 is 0 Å². The molecule has 0 aliphatic carbocycles. The molecule has 1 atom stereocenters. The van der Waals surface area contributed by atoms with Gasteiger partial charge in [0.2, 0.25) is 0 Å². The van der Waals surface area contributed by atoms with Crippen molar-refractivity contribution in [3.8, 4) is 11.8 Å². The number of halogens is 1. The number of hydrogen-bond acceptors (Lipinski definition) is 1. The monoisotopic (exact) mass is 220 g/mol. The Kier molecular flexibility index (Phi) is 4.09. The summed E-state index contributed by atoms with van der Waals surface area (Å²) in [6.45, 7) is 5.16. The highest BCUT2D eigenvalue weighted by Crippen LogP contribution is 2.26. The van der Waals surface area contributed by atoms with Crippen LogP contribution in [0.4, 0.5) is 4.39 Å². The van der Waals surface area contributed by atoms with E-state index in [0.717, 1.165) is 0 Å². The first-order valence-electron chi connectivity index (χ1n) is 5.36. The van der Waals surface area contributed by atoms with Gasteiger partial charge in [-0.2, -0.15) is 0 Å². The topological polar surface area (TPSA) is 20.2 Å². The summed E-state index contributed by atoms with van der Waals surface area (Å²) < 4.78 is 13.4. The first kappa shape index (κ1) is 12.7. The molecule has 1 aromatic rings. The lowest BCUT2D eigenvalue weighted by Gasteiger charge is -2.23. The third kappa shape index (κ3) is 3.08. The zero-order valence-electron chi connectivity index (χ0n) is 9.97. The third-order valence-electron chi connectivity index (χ3n) is 2.71. The molecule has 1 aromatic carbocycles. The van der Waals surface area contributed by atoms with Crippen molar-refractivity contribution in [3.05, 3.63) is 35.1 Å². The molecule has 0 saturated heterocycles. The Balaban J connectivity index is 2.87. The zero-order valence-corrected chi connectivity index (χ0v) is 9.97. The van der Waals surface area contributed by atoms with Gasteiger partial charge in [-0.15, -0.1) is 11.8 Å². The van der Waals surface area contributed by atoms with Gasteiger partial charge in [-0.3, -0.25) is 0 Å². The summed E-state index contributed by atoms with van der Waals surface area (Å²) >= 11 is 0. The van der Waals surface area contributed by atoms with Crippen molar-refractivity contribution >= 4 is 0 Å². The minimum Gasteiger partial charge on any atom is -0.385 e. The van der Waals surface area contributed by atoms with Gasteiger partial charge >= 0.3 is 0 Å². The molecule has 0 fully saturated rings. The average Bonchev–Trinajstić information content (AvgIpc) is 2.22. The first-order valence-corrected chi connectivity index (χ1v) is 5.36. The fourth-order valence-electron chi connectivity index (χ4n) is 1.50. The Morgan fingerprint density at radius 1 is 1.44 bits per heavy atom. The molecule has 16 heavy (non-hydrogen) atoms. The fourth-order valence-corrected chi connectivity index (χ4v) is 1.50. The number of aryl methyl sites for hydroxylation is 1. The van der Waals surface area contributed by atoms with E-state index >= 15 is 0 Å². The van der Waals surface area contributed by atoms with Crippen molar-refractivity contribution in [2.24, 2.45) is 0 Å². The second-order valence-electron chi connectivity index (χ2n) is 4.16. The Morgan fingerprint density at radius 2 is 2.12 bits per heavy atom. The Labute approximate surface area is 96.3 Å². The van der Waals surface area contributed by atoms with E-state index in [1.54, 1.807) is 32.9 Å². The Hall–Kier alpha value is -1.33. The van der Waals surface area contributed by atoms with E-state index in [2.05, 4.69) is 11.8 Å². The van der Waals surface area contributed by atoms with Crippen LogP contribution in [0.25, 0.3) is 0 Å². The van der Waals surface area contributed by atoms with Crippen LogP contribution in [0.1, 0.15) is 37.8 Å². The maximum atomic E-state index is 13.4. The minimum absolute atomic E-state index is 0.278. The molecule has 0 amide bonds. The van der Waals surface area contributed by atoms with Crippen molar-refractivity contribution in [3.63, 3.8) is 0 Å². The quantitative estimate of drug-likeness (QED) is 0.776. The molecule has 1 unspecified atom stereocenters. The molecule has 0 spiro atoms. The van der Waals surface area contributed by atoms with Crippen LogP contribution in [-0.4, -0.2) is 5.11 Å². The van der Waals surface area contributed by atoms with Crippen LogP contribution in [0.2, 0.25) is 0 Å². The van der Waals surface area contributed by atoms with Crippen LogP contribution in [0.3, 0.4) is 0 Å². The summed E-state index contributed by atoms with van der Waals surface area (Å²) in [6.07, 6.45) is 1.12. The molecule has 86 valence electrons. The molecule has 0 heterocycles. The van der Waals surface area contributed by atoms with Crippen LogP contribution in [-0.2, 0) is 5.60 Å². The number of benzene rings is 1. The van der Waals surface area contributed by atoms with Gasteiger partial charge < -0.3 is 5.11 Å². The largest absolute Gasteiger partial charge is 0.385 e. The van der Waals surface area contributed by atoms with Crippen molar-refractivity contribution < 1.29 is 9.50 Å². The Bertz CT molecular complexity index is 424. The highest BCUT2D eigenvalue weighted by Gasteiger charge is 2.22. The normalized spacial score (nSPS) is 13.8. The lowest BCUT2D eigenvalue weighted by Crippen LogP contribution is -2.21. The number of aliphatic hydroxyl groups is 1. The van der Waals surface area contributed by atoms with Gasteiger partial charge in [0.1, 0.15) is 5.82 Å². The average molecular weight is 220 g/mol. The molecule has 0 bridgehead atoms. The highest BCUT2D eigenvalue weighted by molar-refractivity contribution is 5.27. The zero-order chi connectivity index (χ0) is 12.2. The molecule has 1 nitrogen and oxygen atoms in total. The van der Waals surface area contributed by atoms with E-state index in [1.807, 2.05) is 0 Å². The SMILES string of the molecule is CC#CCCC(C)(O)c1ccc(C)c(F)c1. The summed E-state index contributed by atoms with van der Waals surface area (Å²) in [5, 5.41) is 10.2. The van der Waals surface area contributed by atoms with Crippen molar-refractivity contribution in [1.82, 2.24) is 0 Å². The minimum atomic E-state index is -1.02. The van der Waals surface area contributed by atoms with Gasteiger partial charge in [-0.05, 0) is 44.4 Å². The first-order chi connectivity index (χ1) is 7.47. The molecule has 0 aromatic heterocycles. The predicted molar refractivity (Wildman–Crippen MR) is 63.4 cm³/mol. The summed E-state index contributed by atoms with van der Waals surface area (Å²) in [5.41, 5.74) is 0.180. The highest BCUT2D eigenvalue weighted by atomic mass is 19.1. The lowest BCUT2D eigenvalue weighted by atomic mass is 9.90. The van der Waals surface area contributed by atoms with Crippen LogP contribution in [0.5, 0.6) is 0 Å². The predicted octanol–water partition coefficient (Wildman–Crippen LogP) is 3.15. The van der Waals surface area contributed by atoms with Crippen LogP contribution in [0, 0.1) is 24.6 Å². The standard InChI is InChI=1S/C14H17FO/c1-4-5-6-9-14(3,16)12-8-7-11(2)13(15)10-12/h7-8,10,16H,6,9H2,1-3H3. The van der Waals surface area contributed by atoms with Gasteiger partial charge in [0.15, 0.2) is 0 Å². The molecule has 0 radical (unpaired) electrons. The molecule has 1 rings (SSSR count). The van der Waals surface area contributed by atoms with E-state index in [1.165, 1.54) is 6.07 Å². The van der Waals surface area contributed by atoms with Crippen molar-refractivity contribution in [1.29, 1.82) is 0 Å². The van der Waals surface area contributed by atoms with Gasteiger partial charge in [0.05, 0.1) is 5.60 Å². The van der Waals surface area contributed by atoms with E-state index in [4.69, 9.17) is 0 Å². The van der Waals surface area contributed by atoms with Crippen molar-refractivity contribution in [2.45, 2.75) is 39.2 Å². The van der Waals surface area contributed by atoms with E-state index in [0.29, 0.717) is 24.0 Å². The smallest absolute Gasteiger partial charge is 0.126 e. The maximum Gasteiger partial charge on any atom is 0.126 e. The fraction of sp³-hybridized carbons (Fsp3) is 0.429. The van der Waals surface area contributed by atoms with Crippen LogP contribution < -0.4 is 0 Å². The molecular weight excluding hydrogens is 203 g/mol.